The number of hydrogen-bond donors (Lipinski definition) is 3. The van der Waals surface area contributed by atoms with Gasteiger partial charge in [-0.25, -0.2) is 4.79 Å². The van der Waals surface area contributed by atoms with Crippen molar-refractivity contribution >= 4 is 35.2 Å². The number of ketones is 3. The Morgan fingerprint density at radius 2 is 1.77 bits per heavy atom. The molecule has 0 bridgehead atoms. The molecule has 7 atom stereocenters. The molecule has 4 unspecified atom stereocenters. The molecule has 0 aromatic rings. The topological polar surface area (TPSA) is 164 Å². The summed E-state index contributed by atoms with van der Waals surface area (Å²) < 4.78 is 5.12. The SMILES string of the molecule is CC(C)C(NC(=O)CCC(=O)OCC(=O)[C@@]1(O)CCC2C3CCC4=CC(=O)CC[C@]4(C)C3C(=O)C[C@@]21C)C(=O)O. The summed E-state index contributed by atoms with van der Waals surface area (Å²) in [5.74, 6) is -3.76. The van der Waals surface area contributed by atoms with Gasteiger partial charge in [-0.05, 0) is 61.3 Å². The number of fused-ring (bicyclic) bond motifs is 5. The zero-order chi connectivity index (χ0) is 29.6. The normalized spacial score (nSPS) is 35.6. The van der Waals surface area contributed by atoms with Crippen LogP contribution in [0.4, 0.5) is 0 Å². The van der Waals surface area contributed by atoms with Gasteiger partial charge in [0.15, 0.2) is 12.4 Å². The van der Waals surface area contributed by atoms with Gasteiger partial charge < -0.3 is 20.3 Å². The first-order valence-electron chi connectivity index (χ1n) is 14.3. The third kappa shape index (κ3) is 5.03. The largest absolute Gasteiger partial charge is 0.480 e. The summed E-state index contributed by atoms with van der Waals surface area (Å²) in [4.78, 5) is 74.7. The lowest BCUT2D eigenvalue weighted by molar-refractivity contribution is -0.173. The van der Waals surface area contributed by atoms with Gasteiger partial charge in [-0.15, -0.1) is 0 Å². The molecule has 0 aromatic carbocycles. The van der Waals surface area contributed by atoms with Crippen LogP contribution in [0, 0.1) is 34.5 Å². The highest BCUT2D eigenvalue weighted by atomic mass is 16.5. The number of rotatable bonds is 9. The number of carboxylic acid groups (broad SMARTS) is 1. The lowest BCUT2D eigenvalue weighted by Gasteiger charge is -2.57. The van der Waals surface area contributed by atoms with Gasteiger partial charge >= 0.3 is 11.9 Å². The van der Waals surface area contributed by atoms with Gasteiger partial charge in [0.05, 0.1) is 6.42 Å². The molecule has 0 heterocycles. The van der Waals surface area contributed by atoms with Crippen LogP contribution in [0.3, 0.4) is 0 Å². The smallest absolute Gasteiger partial charge is 0.326 e. The lowest BCUT2D eigenvalue weighted by Crippen LogP contribution is -2.61. The average molecular weight is 560 g/mol. The van der Waals surface area contributed by atoms with E-state index in [1.54, 1.807) is 26.8 Å². The van der Waals surface area contributed by atoms with E-state index in [9.17, 15) is 39.0 Å². The summed E-state index contributed by atoms with van der Waals surface area (Å²) >= 11 is 0. The molecule has 3 fully saturated rings. The van der Waals surface area contributed by atoms with Gasteiger partial charge in [0.1, 0.15) is 17.4 Å². The molecule has 0 aromatic heterocycles. The molecule has 3 N–H and O–H groups in total. The predicted molar refractivity (Wildman–Crippen MR) is 142 cm³/mol. The minimum absolute atomic E-state index is 0.00459. The zero-order valence-electron chi connectivity index (χ0n) is 23.8. The summed E-state index contributed by atoms with van der Waals surface area (Å²) in [6, 6.07) is -1.08. The first kappa shape index (κ1) is 30.1. The van der Waals surface area contributed by atoms with Crippen molar-refractivity contribution in [1.82, 2.24) is 5.32 Å². The average Bonchev–Trinajstić information content (AvgIpc) is 3.15. The first-order chi connectivity index (χ1) is 18.6. The molecule has 220 valence electrons. The number of carbonyl (C=O) groups is 6. The number of carbonyl (C=O) groups excluding carboxylic acids is 5. The highest BCUT2D eigenvalue weighted by Gasteiger charge is 2.68. The fourth-order valence-electron chi connectivity index (χ4n) is 8.16. The highest BCUT2D eigenvalue weighted by Crippen LogP contribution is 2.66. The number of hydrogen-bond acceptors (Lipinski definition) is 8. The second-order valence-corrected chi connectivity index (χ2v) is 13.0. The molecule has 0 saturated heterocycles. The van der Waals surface area contributed by atoms with Crippen molar-refractivity contribution in [2.24, 2.45) is 34.5 Å². The van der Waals surface area contributed by atoms with Gasteiger partial charge in [-0.1, -0.05) is 33.3 Å². The molecule has 40 heavy (non-hydrogen) atoms. The number of esters is 1. The summed E-state index contributed by atoms with van der Waals surface area (Å²) in [5.41, 5.74) is -2.13. The van der Waals surface area contributed by atoms with E-state index in [1.807, 2.05) is 0 Å². The van der Waals surface area contributed by atoms with E-state index in [0.29, 0.717) is 19.3 Å². The number of allylic oxidation sites excluding steroid dienone is 1. The fraction of sp³-hybridized carbons (Fsp3) is 0.733. The van der Waals surface area contributed by atoms with Crippen molar-refractivity contribution < 1.29 is 43.7 Å². The number of carboxylic acids is 1. The third-order valence-electron chi connectivity index (χ3n) is 10.4. The molecule has 10 nitrogen and oxygen atoms in total. The number of Topliss-reactive ketones (excluding diaryl/α,β-unsaturated/α-hetero) is 2. The van der Waals surface area contributed by atoms with Crippen molar-refractivity contribution in [3.63, 3.8) is 0 Å². The van der Waals surface area contributed by atoms with Gasteiger partial charge in [-0.3, -0.25) is 24.0 Å². The monoisotopic (exact) mass is 559 g/mol. The van der Waals surface area contributed by atoms with E-state index in [0.717, 1.165) is 18.4 Å². The Balaban J connectivity index is 1.38. The number of ether oxygens (including phenoxy) is 1. The molecule has 0 spiro atoms. The lowest BCUT2D eigenvalue weighted by atomic mass is 9.46. The van der Waals surface area contributed by atoms with E-state index in [-0.39, 0.29) is 66.3 Å². The Morgan fingerprint density at radius 3 is 2.42 bits per heavy atom. The van der Waals surface area contributed by atoms with E-state index in [2.05, 4.69) is 12.2 Å². The van der Waals surface area contributed by atoms with Crippen molar-refractivity contribution in [3.05, 3.63) is 11.6 Å². The van der Waals surface area contributed by atoms with Crippen molar-refractivity contribution in [1.29, 1.82) is 0 Å². The first-order valence-corrected chi connectivity index (χ1v) is 14.3. The van der Waals surface area contributed by atoms with Gasteiger partial charge in [-0.2, -0.15) is 0 Å². The summed E-state index contributed by atoms with van der Waals surface area (Å²) in [7, 11) is 0. The Labute approximate surface area is 234 Å². The maximum Gasteiger partial charge on any atom is 0.326 e. The number of aliphatic carboxylic acids is 1. The second kappa shape index (κ2) is 10.8. The Hall–Kier alpha value is -2.88. The third-order valence-corrected chi connectivity index (χ3v) is 10.4. The Kier molecular flexibility index (Phi) is 8.15. The quantitative estimate of drug-likeness (QED) is 0.360. The standard InChI is InChI=1S/C30H41NO9/c1-16(2)26(27(37)38)31-23(35)7-8-24(36)40-15-22(34)30(39)12-10-20-19-6-5-17-13-18(32)9-11-28(17,3)25(19)21(33)14-29(20,30)4/h13,16,19-20,25-26,39H,5-12,14-15H2,1-4H3,(H,31,35)(H,37,38)/t19?,20?,25?,26?,28-,29-,30-/m0/s1. The van der Waals surface area contributed by atoms with Gasteiger partial charge in [0, 0.05) is 30.6 Å². The van der Waals surface area contributed by atoms with Crippen LogP contribution in [0.2, 0.25) is 0 Å². The summed E-state index contributed by atoms with van der Waals surface area (Å²) in [6.45, 7) is 6.52. The minimum Gasteiger partial charge on any atom is -0.480 e. The van der Waals surface area contributed by atoms with Crippen molar-refractivity contribution in [2.45, 2.75) is 97.1 Å². The van der Waals surface area contributed by atoms with E-state index < -0.39 is 47.3 Å². The molecular weight excluding hydrogens is 518 g/mol. The molecule has 3 saturated carbocycles. The van der Waals surface area contributed by atoms with Crippen LogP contribution in [0.15, 0.2) is 11.6 Å². The molecule has 4 rings (SSSR count). The van der Waals surface area contributed by atoms with E-state index in [1.165, 1.54) is 0 Å². The van der Waals surface area contributed by atoms with Crippen LogP contribution in [0.1, 0.15) is 85.5 Å². The molecule has 10 heteroatoms. The predicted octanol–water partition coefficient (Wildman–Crippen LogP) is 2.55. The minimum atomic E-state index is -1.82. The van der Waals surface area contributed by atoms with Crippen molar-refractivity contribution in [2.75, 3.05) is 6.61 Å². The maximum absolute atomic E-state index is 13.7. The maximum atomic E-state index is 13.7. The Bertz CT molecular complexity index is 1160. The van der Waals surface area contributed by atoms with Gasteiger partial charge in [0.2, 0.25) is 11.7 Å². The van der Waals surface area contributed by atoms with Crippen LogP contribution in [0.5, 0.6) is 0 Å². The molecule has 0 radical (unpaired) electrons. The van der Waals surface area contributed by atoms with E-state index in [4.69, 9.17) is 4.74 Å². The van der Waals surface area contributed by atoms with Crippen molar-refractivity contribution in [3.8, 4) is 0 Å². The second-order valence-electron chi connectivity index (χ2n) is 13.0. The number of nitrogens with one attached hydrogen (secondary N) is 1. The molecule has 4 aliphatic rings. The van der Waals surface area contributed by atoms with E-state index >= 15 is 0 Å². The fourth-order valence-corrected chi connectivity index (χ4v) is 8.16. The molecule has 4 aliphatic carbocycles. The van der Waals surface area contributed by atoms with Crippen LogP contribution in [-0.4, -0.2) is 63.7 Å². The number of aliphatic hydroxyl groups is 1. The zero-order valence-corrected chi connectivity index (χ0v) is 23.8. The summed E-state index contributed by atoms with van der Waals surface area (Å²) in [6.07, 6.45) is 4.40. The molecule has 1 amide bonds. The summed E-state index contributed by atoms with van der Waals surface area (Å²) in [5, 5.41) is 23.3. The van der Waals surface area contributed by atoms with Gasteiger partial charge in [0.25, 0.3) is 0 Å². The number of amides is 1. The molecular formula is C30H41NO9. The van der Waals surface area contributed by atoms with Crippen LogP contribution in [0.25, 0.3) is 0 Å². The Morgan fingerprint density at radius 1 is 1.07 bits per heavy atom. The van der Waals surface area contributed by atoms with Crippen LogP contribution >= 0.6 is 0 Å². The molecule has 0 aliphatic heterocycles. The van der Waals surface area contributed by atoms with Crippen LogP contribution in [-0.2, 0) is 33.5 Å². The highest BCUT2D eigenvalue weighted by molar-refractivity contribution is 5.95. The van der Waals surface area contributed by atoms with Crippen LogP contribution < -0.4 is 5.32 Å².